The minimum absolute atomic E-state index is 0.293. The topological polar surface area (TPSA) is 44.0 Å². The highest BCUT2D eigenvalue weighted by atomic mass is 16.7. The molecule has 2 aromatic rings. The molecule has 0 aliphatic carbocycles. The Morgan fingerprint density at radius 1 is 1.11 bits per heavy atom. The van der Waals surface area contributed by atoms with Crippen molar-refractivity contribution in [1.82, 2.24) is 4.90 Å². The summed E-state index contributed by atoms with van der Waals surface area (Å²) in [7, 11) is 1.69. The Kier molecular flexibility index (Phi) is 5.57. The molecule has 6 heteroatoms. The summed E-state index contributed by atoms with van der Waals surface area (Å²) in [6.07, 6.45) is 1.91. The lowest BCUT2D eigenvalue weighted by Crippen LogP contribution is -2.42. The zero-order valence-electron chi connectivity index (χ0n) is 17.0. The molecule has 0 bridgehead atoms. The highest BCUT2D eigenvalue weighted by molar-refractivity contribution is 5.68. The molecule has 28 heavy (non-hydrogen) atoms. The number of nitrogens with zero attached hydrogens (tertiary/aromatic N) is 2. The van der Waals surface area contributed by atoms with Gasteiger partial charge < -0.3 is 23.8 Å². The number of hydrogen-bond donors (Lipinski definition) is 0. The van der Waals surface area contributed by atoms with Crippen LogP contribution in [0.15, 0.2) is 24.3 Å². The Balaban J connectivity index is 1.59. The summed E-state index contributed by atoms with van der Waals surface area (Å²) in [5.74, 6) is 3.23. The van der Waals surface area contributed by atoms with Crippen molar-refractivity contribution in [2.45, 2.75) is 33.2 Å². The molecule has 0 fully saturated rings. The minimum atomic E-state index is 0.293. The molecule has 0 radical (unpaired) electrons. The molecule has 3 heterocycles. The van der Waals surface area contributed by atoms with Crippen molar-refractivity contribution in [3.63, 3.8) is 0 Å². The van der Waals surface area contributed by atoms with E-state index in [4.69, 9.17) is 18.9 Å². The third-order valence-electron chi connectivity index (χ3n) is 5.59. The van der Waals surface area contributed by atoms with Crippen LogP contribution in [0.5, 0.6) is 23.1 Å². The first-order valence-corrected chi connectivity index (χ1v) is 10.1. The van der Waals surface area contributed by atoms with Gasteiger partial charge in [0, 0.05) is 19.0 Å². The van der Waals surface area contributed by atoms with Crippen molar-refractivity contribution in [3.8, 4) is 34.4 Å². The summed E-state index contributed by atoms with van der Waals surface area (Å²) in [6.45, 7) is 9.39. The van der Waals surface area contributed by atoms with Gasteiger partial charge in [-0.2, -0.15) is 4.57 Å². The van der Waals surface area contributed by atoms with Gasteiger partial charge >= 0.3 is 5.88 Å². The van der Waals surface area contributed by atoms with Gasteiger partial charge in [-0.05, 0) is 43.3 Å². The molecule has 0 unspecified atom stereocenters. The van der Waals surface area contributed by atoms with Crippen molar-refractivity contribution >= 4 is 0 Å². The average molecular weight is 385 g/mol. The first-order chi connectivity index (χ1) is 13.7. The maximum atomic E-state index is 6.23. The lowest BCUT2D eigenvalue weighted by Gasteiger charge is -2.20. The predicted octanol–water partition coefficient (Wildman–Crippen LogP) is 3.05. The third-order valence-corrected chi connectivity index (χ3v) is 5.59. The van der Waals surface area contributed by atoms with Crippen LogP contribution >= 0.6 is 0 Å². The van der Waals surface area contributed by atoms with E-state index in [0.29, 0.717) is 13.4 Å². The molecule has 4 rings (SSSR count). The number of pyridine rings is 1. The predicted molar refractivity (Wildman–Crippen MR) is 106 cm³/mol. The molecule has 2 aliphatic heterocycles. The standard InChI is InChI=1S/C22H29N2O4/c1-4-23(5-2)10-6-12-26-22-19(25-3)8-7-18-17-14-21-20(27-15-28-21)13-16(17)9-11-24(18)22/h7-8,13-14H,4-6,9-12,15H2,1-3H3/q+1. The van der Waals surface area contributed by atoms with Crippen LogP contribution in [0.3, 0.4) is 0 Å². The molecular formula is C22H29N2O4+. The van der Waals surface area contributed by atoms with E-state index in [2.05, 4.69) is 41.5 Å². The number of ether oxygens (including phenoxy) is 4. The number of fused-ring (bicyclic) bond motifs is 4. The Labute approximate surface area is 166 Å². The highest BCUT2D eigenvalue weighted by Crippen LogP contribution is 2.40. The van der Waals surface area contributed by atoms with Crippen molar-refractivity contribution in [2.75, 3.05) is 40.1 Å². The molecule has 0 atom stereocenters. The highest BCUT2D eigenvalue weighted by Gasteiger charge is 2.32. The number of rotatable bonds is 8. The zero-order chi connectivity index (χ0) is 19.5. The van der Waals surface area contributed by atoms with Gasteiger partial charge in [-0.15, -0.1) is 0 Å². The van der Waals surface area contributed by atoms with Crippen LogP contribution in [0.25, 0.3) is 11.3 Å². The zero-order valence-corrected chi connectivity index (χ0v) is 17.0. The largest absolute Gasteiger partial charge is 0.488 e. The summed E-state index contributed by atoms with van der Waals surface area (Å²) < 4.78 is 25.2. The van der Waals surface area contributed by atoms with E-state index in [-0.39, 0.29) is 0 Å². The number of hydrogen-bond acceptors (Lipinski definition) is 5. The van der Waals surface area contributed by atoms with E-state index in [1.807, 2.05) is 6.07 Å². The van der Waals surface area contributed by atoms with E-state index in [9.17, 15) is 0 Å². The quantitative estimate of drug-likeness (QED) is 0.516. The smallest absolute Gasteiger partial charge is 0.411 e. The van der Waals surface area contributed by atoms with Gasteiger partial charge in [0.2, 0.25) is 18.2 Å². The first kappa shape index (κ1) is 18.9. The van der Waals surface area contributed by atoms with Gasteiger partial charge in [0.05, 0.1) is 19.3 Å². The molecule has 6 nitrogen and oxygen atoms in total. The fourth-order valence-corrected chi connectivity index (χ4v) is 3.98. The monoisotopic (exact) mass is 385 g/mol. The van der Waals surface area contributed by atoms with Crippen LogP contribution in [-0.2, 0) is 13.0 Å². The lowest BCUT2D eigenvalue weighted by atomic mass is 9.96. The van der Waals surface area contributed by atoms with Crippen molar-refractivity contribution in [3.05, 3.63) is 29.8 Å². The Hall–Kier alpha value is -2.47. The van der Waals surface area contributed by atoms with Gasteiger partial charge in [-0.25, -0.2) is 0 Å². The number of methoxy groups -OCH3 is 1. The fourth-order valence-electron chi connectivity index (χ4n) is 3.98. The average Bonchev–Trinajstić information content (AvgIpc) is 3.19. The Morgan fingerprint density at radius 3 is 2.64 bits per heavy atom. The summed E-state index contributed by atoms with van der Waals surface area (Å²) in [6, 6.07) is 8.28. The first-order valence-electron chi connectivity index (χ1n) is 10.1. The van der Waals surface area contributed by atoms with Crippen LogP contribution in [0.2, 0.25) is 0 Å². The van der Waals surface area contributed by atoms with Gasteiger partial charge in [0.15, 0.2) is 18.0 Å². The summed E-state index contributed by atoms with van der Waals surface area (Å²) in [5.41, 5.74) is 3.58. The van der Waals surface area contributed by atoms with Crippen LogP contribution in [0, 0.1) is 0 Å². The second-order valence-corrected chi connectivity index (χ2v) is 7.09. The van der Waals surface area contributed by atoms with E-state index in [1.54, 1.807) is 7.11 Å². The lowest BCUT2D eigenvalue weighted by molar-refractivity contribution is -0.693. The normalized spacial score (nSPS) is 14.0. The molecule has 0 saturated carbocycles. The van der Waals surface area contributed by atoms with E-state index in [1.165, 1.54) is 11.1 Å². The fraction of sp³-hybridized carbons (Fsp3) is 0.500. The summed E-state index contributed by atoms with van der Waals surface area (Å²) in [5, 5.41) is 0. The second-order valence-electron chi connectivity index (χ2n) is 7.09. The minimum Gasteiger partial charge on any atom is -0.488 e. The molecule has 1 aromatic carbocycles. The molecule has 0 N–H and O–H groups in total. The molecule has 0 saturated heterocycles. The van der Waals surface area contributed by atoms with Gasteiger partial charge in [0.25, 0.3) is 0 Å². The van der Waals surface area contributed by atoms with Gasteiger partial charge in [0.1, 0.15) is 0 Å². The second kappa shape index (κ2) is 8.27. The van der Waals surface area contributed by atoms with Crippen LogP contribution in [0.1, 0.15) is 25.8 Å². The van der Waals surface area contributed by atoms with Crippen LogP contribution < -0.4 is 23.5 Å². The van der Waals surface area contributed by atoms with Crippen LogP contribution in [-0.4, -0.2) is 45.0 Å². The SMILES string of the molecule is CCN(CC)CCCOc1c(OC)ccc2[n+]1CCc1cc3c(cc1-2)OCO3. The van der Waals surface area contributed by atoms with Gasteiger partial charge in [-0.3, -0.25) is 0 Å². The summed E-state index contributed by atoms with van der Waals surface area (Å²) in [4.78, 5) is 2.41. The molecule has 2 aliphatic rings. The van der Waals surface area contributed by atoms with E-state index in [0.717, 1.165) is 67.8 Å². The molecule has 0 spiro atoms. The molecule has 1 aromatic heterocycles. The molecule has 150 valence electrons. The van der Waals surface area contributed by atoms with Crippen molar-refractivity contribution < 1.29 is 23.5 Å². The van der Waals surface area contributed by atoms with Crippen molar-refractivity contribution in [2.24, 2.45) is 0 Å². The summed E-state index contributed by atoms with van der Waals surface area (Å²) >= 11 is 0. The molecule has 0 amide bonds. The number of aryl methyl sites for hydroxylation is 1. The molecular weight excluding hydrogens is 356 g/mol. The number of aromatic nitrogens is 1. The maximum absolute atomic E-state index is 6.23. The van der Waals surface area contributed by atoms with Gasteiger partial charge in [-0.1, -0.05) is 13.8 Å². The van der Waals surface area contributed by atoms with E-state index < -0.39 is 0 Å². The maximum Gasteiger partial charge on any atom is 0.411 e. The van der Waals surface area contributed by atoms with E-state index >= 15 is 0 Å². The Bertz CT molecular complexity index is 849. The third kappa shape index (κ3) is 3.49. The van der Waals surface area contributed by atoms with Crippen molar-refractivity contribution in [1.29, 1.82) is 0 Å². The van der Waals surface area contributed by atoms with Crippen LogP contribution in [0.4, 0.5) is 0 Å². The number of benzene rings is 1. The Morgan fingerprint density at radius 2 is 1.89 bits per heavy atom.